The van der Waals surface area contributed by atoms with Crippen LogP contribution in [0.1, 0.15) is 32.6 Å². The second kappa shape index (κ2) is 5.59. The van der Waals surface area contributed by atoms with E-state index in [-0.39, 0.29) is 5.91 Å². The van der Waals surface area contributed by atoms with E-state index in [9.17, 15) is 9.18 Å². The molecule has 2 atom stereocenters. The normalized spacial score (nSPS) is 27.1. The Hall–Kier alpha value is -0.940. The number of anilines is 1. The van der Waals surface area contributed by atoms with Crippen LogP contribution in [0.15, 0.2) is 22.7 Å². The topological polar surface area (TPSA) is 55.1 Å². The van der Waals surface area contributed by atoms with Gasteiger partial charge in [-0.15, -0.1) is 0 Å². The molecule has 0 aromatic heterocycles. The average molecular weight is 329 g/mol. The van der Waals surface area contributed by atoms with E-state index in [1.165, 1.54) is 6.07 Å². The smallest absolute Gasteiger partial charge is 0.244 e. The third-order valence-corrected chi connectivity index (χ3v) is 4.31. The standard InChI is InChI=1S/C14H18BrFN2O/c1-9-3-2-6-14(17,8-9)13(19)18-10-4-5-11(15)12(16)7-10/h4-5,7,9H,2-3,6,8,17H2,1H3,(H,18,19). The average Bonchev–Trinajstić information content (AvgIpc) is 2.33. The number of hydrogen-bond acceptors (Lipinski definition) is 2. The molecule has 3 nitrogen and oxygen atoms in total. The van der Waals surface area contributed by atoms with Crippen LogP contribution >= 0.6 is 15.9 Å². The molecule has 1 aliphatic rings. The number of benzene rings is 1. The maximum absolute atomic E-state index is 13.4. The van der Waals surface area contributed by atoms with Crippen molar-refractivity contribution in [2.75, 3.05) is 5.32 Å². The van der Waals surface area contributed by atoms with Gasteiger partial charge in [0, 0.05) is 5.69 Å². The Morgan fingerprint density at radius 2 is 2.32 bits per heavy atom. The number of rotatable bonds is 2. The van der Waals surface area contributed by atoms with Crippen LogP contribution in [0.2, 0.25) is 0 Å². The van der Waals surface area contributed by atoms with Gasteiger partial charge >= 0.3 is 0 Å². The molecule has 1 aromatic carbocycles. The highest BCUT2D eigenvalue weighted by Gasteiger charge is 2.37. The van der Waals surface area contributed by atoms with Gasteiger partial charge in [-0.3, -0.25) is 4.79 Å². The van der Waals surface area contributed by atoms with Gasteiger partial charge in [0.15, 0.2) is 0 Å². The van der Waals surface area contributed by atoms with Crippen LogP contribution in [0, 0.1) is 11.7 Å². The monoisotopic (exact) mass is 328 g/mol. The number of halogens is 2. The number of nitrogens with two attached hydrogens (primary N) is 1. The largest absolute Gasteiger partial charge is 0.324 e. The Bertz CT molecular complexity index is 494. The molecule has 2 unspecified atom stereocenters. The second-order valence-corrected chi connectivity index (χ2v) is 6.30. The summed E-state index contributed by atoms with van der Waals surface area (Å²) in [5, 5.41) is 2.72. The van der Waals surface area contributed by atoms with Crippen LogP contribution < -0.4 is 11.1 Å². The van der Waals surface area contributed by atoms with Crippen molar-refractivity contribution in [3.8, 4) is 0 Å². The zero-order valence-corrected chi connectivity index (χ0v) is 12.5. The molecule has 0 bridgehead atoms. The number of hydrogen-bond donors (Lipinski definition) is 2. The van der Waals surface area contributed by atoms with E-state index in [1.807, 2.05) is 0 Å². The van der Waals surface area contributed by atoms with Crippen molar-refractivity contribution >= 4 is 27.5 Å². The fourth-order valence-electron chi connectivity index (χ4n) is 2.63. The summed E-state index contributed by atoms with van der Waals surface area (Å²) in [4.78, 5) is 12.3. The lowest BCUT2D eigenvalue weighted by molar-refractivity contribution is -0.122. The lowest BCUT2D eigenvalue weighted by atomic mass is 9.76. The number of carbonyl (C=O) groups excluding carboxylic acids is 1. The van der Waals surface area contributed by atoms with Crippen molar-refractivity contribution in [1.82, 2.24) is 0 Å². The van der Waals surface area contributed by atoms with Crippen molar-refractivity contribution in [1.29, 1.82) is 0 Å². The van der Waals surface area contributed by atoms with Crippen molar-refractivity contribution in [3.63, 3.8) is 0 Å². The summed E-state index contributed by atoms with van der Waals surface area (Å²) < 4.78 is 13.8. The maximum atomic E-state index is 13.4. The molecule has 5 heteroatoms. The molecule has 104 valence electrons. The summed E-state index contributed by atoms with van der Waals surface area (Å²) in [6.07, 6.45) is 3.43. The van der Waals surface area contributed by atoms with E-state index in [0.717, 1.165) is 12.8 Å². The van der Waals surface area contributed by atoms with E-state index in [1.54, 1.807) is 12.1 Å². The lowest BCUT2D eigenvalue weighted by Crippen LogP contribution is -2.53. The van der Waals surface area contributed by atoms with Crippen LogP contribution in [0.4, 0.5) is 10.1 Å². The zero-order chi connectivity index (χ0) is 14.0. The minimum absolute atomic E-state index is 0.222. The predicted molar refractivity (Wildman–Crippen MR) is 77.3 cm³/mol. The summed E-state index contributed by atoms with van der Waals surface area (Å²) in [5.41, 5.74) is 5.80. The third-order valence-electron chi connectivity index (χ3n) is 3.66. The Kier molecular flexibility index (Phi) is 4.26. The van der Waals surface area contributed by atoms with Crippen molar-refractivity contribution in [3.05, 3.63) is 28.5 Å². The van der Waals surface area contributed by atoms with Crippen molar-refractivity contribution < 1.29 is 9.18 Å². The SMILES string of the molecule is CC1CCCC(N)(C(=O)Nc2ccc(Br)c(F)c2)C1. The molecule has 19 heavy (non-hydrogen) atoms. The van der Waals surface area contributed by atoms with Crippen molar-refractivity contribution in [2.45, 2.75) is 38.1 Å². The van der Waals surface area contributed by atoms with Crippen LogP contribution in [-0.2, 0) is 4.79 Å². The molecular weight excluding hydrogens is 311 g/mol. The molecule has 0 radical (unpaired) electrons. The highest BCUT2D eigenvalue weighted by atomic mass is 79.9. The van der Waals surface area contributed by atoms with Gasteiger partial charge in [0.1, 0.15) is 5.82 Å². The van der Waals surface area contributed by atoms with Crippen LogP contribution in [0.25, 0.3) is 0 Å². The van der Waals surface area contributed by atoms with Gasteiger partial charge in [-0.1, -0.05) is 19.8 Å². The summed E-state index contributed by atoms with van der Waals surface area (Å²) in [5.74, 6) is -0.173. The Balaban J connectivity index is 2.09. The number of carbonyl (C=O) groups is 1. The van der Waals surface area contributed by atoms with Gasteiger partial charge in [0.05, 0.1) is 10.0 Å². The Labute approximate surface area is 120 Å². The molecule has 1 fully saturated rings. The molecule has 1 saturated carbocycles. The van der Waals surface area contributed by atoms with Gasteiger partial charge in [-0.25, -0.2) is 4.39 Å². The molecule has 1 amide bonds. The molecule has 1 aliphatic carbocycles. The first-order valence-corrected chi connectivity index (χ1v) is 7.25. The van der Waals surface area contributed by atoms with E-state index < -0.39 is 11.4 Å². The van der Waals surface area contributed by atoms with E-state index in [2.05, 4.69) is 28.2 Å². The van der Waals surface area contributed by atoms with Crippen LogP contribution in [0.5, 0.6) is 0 Å². The highest BCUT2D eigenvalue weighted by molar-refractivity contribution is 9.10. The van der Waals surface area contributed by atoms with E-state index in [0.29, 0.717) is 28.9 Å². The summed E-state index contributed by atoms with van der Waals surface area (Å²) >= 11 is 3.08. The summed E-state index contributed by atoms with van der Waals surface area (Å²) in [6, 6.07) is 4.51. The quantitative estimate of drug-likeness (QED) is 0.873. The fraction of sp³-hybridized carbons (Fsp3) is 0.500. The molecule has 2 rings (SSSR count). The Morgan fingerprint density at radius 3 is 2.95 bits per heavy atom. The minimum Gasteiger partial charge on any atom is -0.324 e. The minimum atomic E-state index is -0.832. The van der Waals surface area contributed by atoms with Gasteiger partial charge in [0.2, 0.25) is 5.91 Å². The van der Waals surface area contributed by atoms with E-state index >= 15 is 0 Å². The number of nitrogens with one attached hydrogen (secondary N) is 1. The van der Waals surface area contributed by atoms with Crippen LogP contribution in [-0.4, -0.2) is 11.4 Å². The Morgan fingerprint density at radius 1 is 1.58 bits per heavy atom. The molecular formula is C14H18BrFN2O. The summed E-state index contributed by atoms with van der Waals surface area (Å²) in [6.45, 7) is 2.10. The van der Waals surface area contributed by atoms with Gasteiger partial charge in [-0.05, 0) is 52.9 Å². The van der Waals surface area contributed by atoms with Crippen molar-refractivity contribution in [2.24, 2.45) is 11.7 Å². The van der Waals surface area contributed by atoms with Gasteiger partial charge < -0.3 is 11.1 Å². The molecule has 0 heterocycles. The zero-order valence-electron chi connectivity index (χ0n) is 10.9. The molecule has 0 spiro atoms. The highest BCUT2D eigenvalue weighted by Crippen LogP contribution is 2.31. The first kappa shape index (κ1) is 14.5. The second-order valence-electron chi connectivity index (χ2n) is 5.44. The van der Waals surface area contributed by atoms with Gasteiger partial charge in [0.25, 0.3) is 0 Å². The maximum Gasteiger partial charge on any atom is 0.244 e. The molecule has 3 N–H and O–H groups in total. The van der Waals surface area contributed by atoms with Gasteiger partial charge in [-0.2, -0.15) is 0 Å². The molecule has 0 saturated heterocycles. The first-order valence-electron chi connectivity index (χ1n) is 6.46. The third kappa shape index (κ3) is 3.34. The van der Waals surface area contributed by atoms with E-state index in [4.69, 9.17) is 5.73 Å². The summed E-state index contributed by atoms with van der Waals surface area (Å²) in [7, 11) is 0. The fourth-order valence-corrected chi connectivity index (χ4v) is 2.87. The first-order chi connectivity index (χ1) is 8.90. The molecule has 1 aromatic rings. The van der Waals surface area contributed by atoms with Crippen LogP contribution in [0.3, 0.4) is 0 Å². The molecule has 0 aliphatic heterocycles. The lowest BCUT2D eigenvalue weighted by Gasteiger charge is -2.35. The predicted octanol–water partition coefficient (Wildman–Crippen LogP) is 3.43. The number of amides is 1.